The minimum absolute atomic E-state index is 0.0809. The molecule has 0 radical (unpaired) electrons. The van der Waals surface area contributed by atoms with Crippen LogP contribution in [0.4, 0.5) is 15.8 Å². The smallest absolute Gasteiger partial charge is 0.143 e. The van der Waals surface area contributed by atoms with Crippen LogP contribution in [0.1, 0.15) is 12.5 Å². The van der Waals surface area contributed by atoms with E-state index in [4.69, 9.17) is 17.3 Å². The second-order valence-corrected chi connectivity index (χ2v) is 4.60. The van der Waals surface area contributed by atoms with Gasteiger partial charge in [-0.3, -0.25) is 4.98 Å². The zero-order valence-electron chi connectivity index (χ0n) is 10.6. The number of hydrogen-bond donors (Lipinski definition) is 1. The van der Waals surface area contributed by atoms with E-state index in [9.17, 15) is 4.39 Å². The molecule has 1 aromatic carbocycles. The van der Waals surface area contributed by atoms with Gasteiger partial charge in [-0.05, 0) is 30.7 Å². The summed E-state index contributed by atoms with van der Waals surface area (Å²) in [6, 6.07) is 6.69. The van der Waals surface area contributed by atoms with E-state index in [2.05, 4.69) is 4.98 Å². The third kappa shape index (κ3) is 3.15. The van der Waals surface area contributed by atoms with E-state index >= 15 is 0 Å². The highest BCUT2D eigenvalue weighted by molar-refractivity contribution is 6.31. The normalized spacial score (nSPS) is 10.5. The average molecular weight is 280 g/mol. The van der Waals surface area contributed by atoms with Crippen LogP contribution in [0.25, 0.3) is 0 Å². The fourth-order valence-electron chi connectivity index (χ4n) is 1.90. The summed E-state index contributed by atoms with van der Waals surface area (Å²) in [6.07, 6.45) is 3.48. The topological polar surface area (TPSA) is 42.2 Å². The Morgan fingerprint density at radius 1 is 1.32 bits per heavy atom. The lowest BCUT2D eigenvalue weighted by Crippen LogP contribution is -2.23. The number of hydrogen-bond acceptors (Lipinski definition) is 3. The summed E-state index contributed by atoms with van der Waals surface area (Å²) >= 11 is 5.82. The van der Waals surface area contributed by atoms with Gasteiger partial charge >= 0.3 is 0 Å². The molecule has 0 atom stereocenters. The fraction of sp³-hybridized carbons (Fsp3) is 0.214. The summed E-state index contributed by atoms with van der Waals surface area (Å²) in [5, 5.41) is 0.0809. The van der Waals surface area contributed by atoms with Gasteiger partial charge in [0.1, 0.15) is 5.82 Å². The first-order chi connectivity index (χ1) is 9.11. The summed E-state index contributed by atoms with van der Waals surface area (Å²) in [4.78, 5) is 6.02. The maximum Gasteiger partial charge on any atom is 0.143 e. The van der Waals surface area contributed by atoms with Crippen LogP contribution in [0.5, 0.6) is 0 Å². The van der Waals surface area contributed by atoms with E-state index in [1.54, 1.807) is 18.5 Å². The molecule has 2 N–H and O–H groups in total. The Hall–Kier alpha value is -1.81. The number of benzene rings is 1. The first kappa shape index (κ1) is 13.6. The predicted octanol–water partition coefficient (Wildman–Crippen LogP) is 3.48. The van der Waals surface area contributed by atoms with Crippen LogP contribution in [-0.2, 0) is 6.54 Å². The Labute approximate surface area is 116 Å². The van der Waals surface area contributed by atoms with Crippen molar-refractivity contribution >= 4 is 23.0 Å². The van der Waals surface area contributed by atoms with Gasteiger partial charge < -0.3 is 10.6 Å². The van der Waals surface area contributed by atoms with Crippen LogP contribution in [0.15, 0.2) is 36.7 Å². The van der Waals surface area contributed by atoms with E-state index in [1.165, 1.54) is 6.07 Å². The third-order valence-corrected chi connectivity index (χ3v) is 3.20. The molecule has 0 fully saturated rings. The van der Waals surface area contributed by atoms with Crippen LogP contribution >= 0.6 is 11.6 Å². The van der Waals surface area contributed by atoms with Gasteiger partial charge in [-0.15, -0.1) is 0 Å². The van der Waals surface area contributed by atoms with Crippen molar-refractivity contribution in [1.82, 2.24) is 4.98 Å². The molecular weight excluding hydrogens is 265 g/mol. The van der Waals surface area contributed by atoms with Crippen LogP contribution in [0.3, 0.4) is 0 Å². The molecule has 100 valence electrons. The molecule has 0 aliphatic rings. The molecule has 19 heavy (non-hydrogen) atoms. The van der Waals surface area contributed by atoms with Crippen LogP contribution < -0.4 is 10.6 Å². The van der Waals surface area contributed by atoms with Crippen molar-refractivity contribution in [2.75, 3.05) is 17.2 Å². The number of nitrogen functional groups attached to an aromatic ring is 1. The van der Waals surface area contributed by atoms with Crippen molar-refractivity contribution in [3.8, 4) is 0 Å². The number of anilines is 2. The minimum Gasteiger partial charge on any atom is -0.397 e. The number of nitrogens with zero attached hydrogens (tertiary/aromatic N) is 2. The number of nitrogens with two attached hydrogens (primary N) is 1. The number of pyridine rings is 1. The third-order valence-electron chi connectivity index (χ3n) is 2.91. The first-order valence-electron chi connectivity index (χ1n) is 6.00. The zero-order valence-corrected chi connectivity index (χ0v) is 11.4. The lowest BCUT2D eigenvalue weighted by atomic mass is 10.2. The van der Waals surface area contributed by atoms with E-state index in [0.29, 0.717) is 12.2 Å². The van der Waals surface area contributed by atoms with E-state index in [0.717, 1.165) is 17.8 Å². The number of rotatable bonds is 4. The molecule has 1 heterocycles. The van der Waals surface area contributed by atoms with Gasteiger partial charge in [0.2, 0.25) is 0 Å². The Morgan fingerprint density at radius 3 is 2.63 bits per heavy atom. The molecule has 1 aromatic heterocycles. The monoisotopic (exact) mass is 279 g/mol. The molecule has 0 aliphatic heterocycles. The van der Waals surface area contributed by atoms with Gasteiger partial charge in [-0.1, -0.05) is 11.6 Å². The maximum absolute atomic E-state index is 13.3. The molecule has 0 saturated carbocycles. The highest BCUT2D eigenvalue weighted by Gasteiger charge is 2.12. The molecule has 0 unspecified atom stereocenters. The van der Waals surface area contributed by atoms with E-state index < -0.39 is 5.82 Å². The van der Waals surface area contributed by atoms with Gasteiger partial charge in [-0.25, -0.2) is 4.39 Å². The lowest BCUT2D eigenvalue weighted by molar-refractivity contribution is 0.628. The predicted molar refractivity (Wildman–Crippen MR) is 76.8 cm³/mol. The van der Waals surface area contributed by atoms with Crippen LogP contribution in [0.2, 0.25) is 5.02 Å². The van der Waals surface area contributed by atoms with E-state index in [1.807, 2.05) is 24.0 Å². The quantitative estimate of drug-likeness (QED) is 0.871. The zero-order chi connectivity index (χ0) is 13.8. The molecule has 2 aromatic rings. The maximum atomic E-state index is 13.3. The Balaban J connectivity index is 2.30. The lowest BCUT2D eigenvalue weighted by Gasteiger charge is -2.25. The summed E-state index contributed by atoms with van der Waals surface area (Å²) in [7, 11) is 0. The molecule has 0 amide bonds. The number of halogens is 2. The second kappa shape index (κ2) is 5.89. The summed E-state index contributed by atoms with van der Waals surface area (Å²) in [5.74, 6) is -0.497. The van der Waals surface area contributed by atoms with Crippen molar-refractivity contribution in [1.29, 1.82) is 0 Å². The molecule has 0 bridgehead atoms. The van der Waals surface area contributed by atoms with Crippen molar-refractivity contribution in [3.05, 3.63) is 53.1 Å². The summed E-state index contributed by atoms with van der Waals surface area (Å²) in [5.41, 5.74) is 8.10. The molecule has 5 heteroatoms. The first-order valence-corrected chi connectivity index (χ1v) is 6.38. The van der Waals surface area contributed by atoms with Gasteiger partial charge in [0.05, 0.1) is 16.4 Å². The minimum atomic E-state index is -0.497. The molecule has 0 saturated heterocycles. The molecule has 0 aliphatic carbocycles. The van der Waals surface area contributed by atoms with Crippen LogP contribution in [0, 0.1) is 5.82 Å². The van der Waals surface area contributed by atoms with Gasteiger partial charge in [0.15, 0.2) is 0 Å². The molecular formula is C14H15ClFN3. The average Bonchev–Trinajstić information content (AvgIpc) is 2.42. The fourth-order valence-corrected chi connectivity index (χ4v) is 2.06. The Bertz CT molecular complexity index is 560. The standard InChI is InChI=1S/C14H15ClFN3/c1-2-19(9-10-3-5-18-6-4-10)14-7-11(15)12(16)8-13(14)17/h3-8H,2,9,17H2,1H3. The van der Waals surface area contributed by atoms with Crippen LogP contribution in [-0.4, -0.2) is 11.5 Å². The number of aromatic nitrogens is 1. The largest absolute Gasteiger partial charge is 0.397 e. The van der Waals surface area contributed by atoms with Gasteiger partial charge in [0, 0.05) is 31.5 Å². The summed E-state index contributed by atoms with van der Waals surface area (Å²) in [6.45, 7) is 3.43. The molecule has 3 nitrogen and oxygen atoms in total. The highest BCUT2D eigenvalue weighted by Crippen LogP contribution is 2.30. The van der Waals surface area contributed by atoms with Crippen molar-refractivity contribution in [2.24, 2.45) is 0 Å². The van der Waals surface area contributed by atoms with Gasteiger partial charge in [-0.2, -0.15) is 0 Å². The van der Waals surface area contributed by atoms with Gasteiger partial charge in [0.25, 0.3) is 0 Å². The van der Waals surface area contributed by atoms with Crippen molar-refractivity contribution < 1.29 is 4.39 Å². The molecule has 0 spiro atoms. The molecule has 2 rings (SSSR count). The summed E-state index contributed by atoms with van der Waals surface area (Å²) < 4.78 is 13.3. The van der Waals surface area contributed by atoms with Crippen molar-refractivity contribution in [2.45, 2.75) is 13.5 Å². The Kier molecular flexibility index (Phi) is 4.22. The van der Waals surface area contributed by atoms with E-state index in [-0.39, 0.29) is 5.02 Å². The Morgan fingerprint density at radius 2 is 2.00 bits per heavy atom. The second-order valence-electron chi connectivity index (χ2n) is 4.19. The highest BCUT2D eigenvalue weighted by atomic mass is 35.5. The van der Waals surface area contributed by atoms with Crippen molar-refractivity contribution in [3.63, 3.8) is 0 Å². The SMILES string of the molecule is CCN(Cc1ccncc1)c1cc(Cl)c(F)cc1N.